The zero-order valence-corrected chi connectivity index (χ0v) is 16.4. The summed E-state index contributed by atoms with van der Waals surface area (Å²) in [6.07, 6.45) is 0.716. The van der Waals surface area contributed by atoms with Crippen LogP contribution in [-0.2, 0) is 15.3 Å². The van der Waals surface area contributed by atoms with Crippen molar-refractivity contribution in [2.24, 2.45) is 5.73 Å². The van der Waals surface area contributed by atoms with Crippen LogP contribution < -0.4 is 16.7 Å². The van der Waals surface area contributed by atoms with Crippen molar-refractivity contribution in [2.45, 2.75) is 22.2 Å². The van der Waals surface area contributed by atoms with E-state index in [2.05, 4.69) is 52.1 Å². The molecule has 0 bridgehead atoms. The van der Waals surface area contributed by atoms with Gasteiger partial charge in [-0.1, -0.05) is 33.0 Å². The van der Waals surface area contributed by atoms with Gasteiger partial charge in [0, 0.05) is 16.2 Å². The highest BCUT2D eigenvalue weighted by atomic mass is 35.5. The van der Waals surface area contributed by atoms with Gasteiger partial charge in [0.15, 0.2) is 0 Å². The topological polar surface area (TPSA) is 58.9 Å². The van der Waals surface area contributed by atoms with E-state index in [0.29, 0.717) is 6.42 Å². The molecule has 116 valence electrons. The number of nitrogens with two attached hydrogens (primary N) is 1. The lowest BCUT2D eigenvalue weighted by Gasteiger charge is -2.53. The maximum absolute atomic E-state index is 12.4. The Morgan fingerprint density at radius 3 is 2.33 bits per heavy atom. The van der Waals surface area contributed by atoms with Gasteiger partial charge in [-0.25, -0.2) is 0 Å². The first-order valence-corrected chi connectivity index (χ1v) is 8.84. The van der Waals surface area contributed by atoms with Gasteiger partial charge in [-0.15, -0.1) is 0 Å². The summed E-state index contributed by atoms with van der Waals surface area (Å²) in [5.74, 6) is -0.278. The number of H-pyrrole nitrogens is 1. The molecule has 1 unspecified atom stereocenters. The number of halogens is 1. The number of primary amides is 1. The van der Waals surface area contributed by atoms with Crippen molar-refractivity contribution < 1.29 is 4.79 Å². The molecule has 1 heterocycles. The number of aromatic amines is 1. The maximum Gasteiger partial charge on any atom is 0.221 e. The molecule has 3 N–H and O–H groups in total. The fraction of sp³-hybridized carbons (Fsp3) is 0.308. The Morgan fingerprint density at radius 2 is 1.79 bits per heavy atom. The lowest BCUT2D eigenvalue weighted by molar-refractivity contribution is -0.121. The molecule has 1 aliphatic carbocycles. The summed E-state index contributed by atoms with van der Waals surface area (Å²) in [6, 6.07) is 1.99. The number of hydrogen-bond donors (Lipinski definition) is 2. The average molecular weight is 331 g/mol. The van der Waals surface area contributed by atoms with Gasteiger partial charge in [0.1, 0.15) is 39.2 Å². The smallest absolute Gasteiger partial charge is 0.221 e. The highest BCUT2D eigenvalue weighted by molar-refractivity contribution is 6.58. The quantitative estimate of drug-likeness (QED) is 0.502. The second-order valence-corrected chi connectivity index (χ2v) is 9.21. The second kappa shape index (κ2) is 5.00. The van der Waals surface area contributed by atoms with Gasteiger partial charge in [-0.3, -0.25) is 4.79 Å². The Hall–Kier alpha value is -1.03. The molecular formula is C13H20B7ClN2O. The van der Waals surface area contributed by atoms with Gasteiger partial charge in [-0.2, -0.15) is 0 Å². The van der Waals surface area contributed by atoms with Crippen LogP contribution >= 0.6 is 11.6 Å². The summed E-state index contributed by atoms with van der Waals surface area (Å²) >= 11 is 6.48. The molecule has 0 saturated heterocycles. The van der Waals surface area contributed by atoms with Gasteiger partial charge in [0.05, 0.1) is 21.0 Å². The lowest BCUT2D eigenvalue weighted by Crippen LogP contribution is -2.57. The average Bonchev–Trinajstić information content (AvgIpc) is 2.85. The van der Waals surface area contributed by atoms with Crippen molar-refractivity contribution in [2.75, 3.05) is 0 Å². The van der Waals surface area contributed by atoms with E-state index in [0.717, 1.165) is 32.5 Å². The normalized spacial score (nSPS) is 24.5. The third kappa shape index (κ3) is 2.04. The first-order chi connectivity index (χ1) is 10.8. The Morgan fingerprint density at radius 1 is 1.21 bits per heavy atom. The fourth-order valence-corrected chi connectivity index (χ4v) is 4.70. The van der Waals surface area contributed by atoms with Crippen molar-refractivity contribution in [1.29, 1.82) is 0 Å². The largest absolute Gasteiger partial charge is 0.369 e. The van der Waals surface area contributed by atoms with Crippen molar-refractivity contribution in [3.05, 3.63) is 22.3 Å². The minimum Gasteiger partial charge on any atom is -0.369 e. The molecule has 2 aromatic rings. The Bertz CT molecular complexity index is 894. The molecule has 3 nitrogen and oxygen atoms in total. The van der Waals surface area contributed by atoms with Gasteiger partial charge in [0.2, 0.25) is 5.91 Å². The predicted octanol–water partition coefficient (Wildman–Crippen LogP) is -6.14. The van der Waals surface area contributed by atoms with E-state index < -0.39 is 5.31 Å². The third-order valence-corrected chi connectivity index (χ3v) is 7.07. The van der Waals surface area contributed by atoms with E-state index >= 15 is 0 Å². The molecule has 1 atom stereocenters. The minimum atomic E-state index is -0.710. The molecule has 0 fully saturated rings. The van der Waals surface area contributed by atoms with Crippen LogP contribution in [0.1, 0.15) is 17.7 Å². The van der Waals surface area contributed by atoms with Crippen LogP contribution in [0.25, 0.3) is 10.9 Å². The van der Waals surface area contributed by atoms with E-state index in [9.17, 15) is 4.79 Å². The van der Waals surface area contributed by atoms with E-state index in [-0.39, 0.29) is 16.3 Å². The van der Waals surface area contributed by atoms with E-state index in [4.69, 9.17) is 17.3 Å². The molecule has 11 heteroatoms. The van der Waals surface area contributed by atoms with Gasteiger partial charge < -0.3 is 10.7 Å². The number of rotatable bonds is 1. The van der Waals surface area contributed by atoms with E-state index in [1.54, 1.807) is 0 Å². The number of fused-ring (bicyclic) bond motifs is 3. The van der Waals surface area contributed by atoms with Crippen LogP contribution in [0.3, 0.4) is 0 Å². The van der Waals surface area contributed by atoms with Crippen LogP contribution in [0.4, 0.5) is 0 Å². The molecule has 0 saturated carbocycles. The molecule has 1 amide bonds. The summed E-state index contributed by atoms with van der Waals surface area (Å²) in [4.78, 5) is 16.0. The van der Waals surface area contributed by atoms with Crippen LogP contribution in [0.15, 0.2) is 6.07 Å². The standard InChI is InChI=1S/C13H20B7ClN2O/c14-3-1-4(21)7(15)5-6-9(23-8(3)5)11(16,10(22)24)2-12(17,18)13(6,19)20/h1,23H,2,14-20H2,(H2,22,24). The number of amides is 1. The third-order valence-electron chi connectivity index (χ3n) is 6.68. The first kappa shape index (κ1) is 17.8. The SMILES string of the molecule is Bc1cc(Cl)c(B)c2c3c([nH]c12)C(B)(C(N)=O)CC(B)(B)C3(B)B. The van der Waals surface area contributed by atoms with E-state index in [1.807, 2.05) is 13.9 Å². The zero-order chi connectivity index (χ0) is 18.2. The minimum absolute atomic E-state index is 0.0818. The van der Waals surface area contributed by atoms with Crippen LogP contribution in [0, 0.1) is 0 Å². The molecule has 0 spiro atoms. The summed E-state index contributed by atoms with van der Waals surface area (Å²) in [5.41, 5.74) is 11.2. The van der Waals surface area contributed by atoms with Gasteiger partial charge in [0.25, 0.3) is 0 Å². The number of hydrogen-bond acceptors (Lipinski definition) is 1. The molecule has 0 aliphatic heterocycles. The number of benzene rings is 1. The molecule has 24 heavy (non-hydrogen) atoms. The monoisotopic (exact) mass is 332 g/mol. The summed E-state index contributed by atoms with van der Waals surface area (Å²) < 4.78 is 0. The molecular weight excluding hydrogens is 311 g/mol. The number of carbonyl (C=O) groups excluding carboxylic acids is 1. The summed E-state index contributed by atoms with van der Waals surface area (Å²) in [6.45, 7) is 0. The predicted molar refractivity (Wildman–Crippen MR) is 122 cm³/mol. The highest BCUT2D eigenvalue weighted by Gasteiger charge is 2.54. The molecule has 3 rings (SSSR count). The number of carbonyl (C=O) groups is 1. The Kier molecular flexibility index (Phi) is 3.70. The molecule has 0 radical (unpaired) electrons. The highest BCUT2D eigenvalue weighted by Crippen LogP contribution is 2.55. The van der Waals surface area contributed by atoms with Crippen LogP contribution in [0.2, 0.25) is 10.2 Å². The van der Waals surface area contributed by atoms with Gasteiger partial charge in [-0.05, 0) is 23.4 Å². The maximum atomic E-state index is 12.4. The Balaban J connectivity index is 2.57. The fourth-order valence-electron chi connectivity index (χ4n) is 4.44. The van der Waals surface area contributed by atoms with Crippen molar-refractivity contribution in [3.8, 4) is 0 Å². The van der Waals surface area contributed by atoms with Gasteiger partial charge >= 0.3 is 0 Å². The Labute approximate surface area is 154 Å². The molecule has 1 aromatic carbocycles. The van der Waals surface area contributed by atoms with Crippen molar-refractivity contribution in [1.82, 2.24) is 4.98 Å². The van der Waals surface area contributed by atoms with Crippen molar-refractivity contribution >= 4 is 94.3 Å². The number of aromatic nitrogens is 1. The summed E-state index contributed by atoms with van der Waals surface area (Å²) in [5, 5.41) is 1.01. The molecule has 1 aliphatic rings. The van der Waals surface area contributed by atoms with Crippen LogP contribution in [-0.4, -0.2) is 65.8 Å². The van der Waals surface area contributed by atoms with Crippen molar-refractivity contribution in [3.63, 3.8) is 0 Å². The van der Waals surface area contributed by atoms with E-state index in [1.165, 1.54) is 5.56 Å². The second-order valence-electron chi connectivity index (χ2n) is 8.81. The number of nitrogens with one attached hydrogen (secondary N) is 1. The molecule has 1 aromatic heterocycles. The summed E-state index contributed by atoms with van der Waals surface area (Å²) in [7, 11) is 15.0. The van der Waals surface area contributed by atoms with Crippen LogP contribution in [0.5, 0.6) is 0 Å². The first-order valence-electron chi connectivity index (χ1n) is 8.47. The zero-order valence-electron chi connectivity index (χ0n) is 15.6. The lowest BCUT2D eigenvalue weighted by atomic mass is 9.23.